The van der Waals surface area contributed by atoms with E-state index in [9.17, 15) is 4.79 Å². The molecule has 0 radical (unpaired) electrons. The van der Waals surface area contributed by atoms with Crippen LogP contribution in [0.2, 0.25) is 0 Å². The van der Waals surface area contributed by atoms with E-state index in [0.29, 0.717) is 16.7 Å². The average molecular weight is 384 g/mol. The number of rotatable bonds is 4. The zero-order valence-electron chi connectivity index (χ0n) is 16.6. The minimum absolute atomic E-state index is 0.177. The summed E-state index contributed by atoms with van der Waals surface area (Å²) in [5.41, 5.74) is 7.48. The number of para-hydroxylation sites is 1. The highest BCUT2D eigenvalue weighted by Gasteiger charge is 2.17. The Bertz CT molecular complexity index is 1260. The van der Waals surface area contributed by atoms with Crippen LogP contribution < -0.4 is 11.1 Å². The summed E-state index contributed by atoms with van der Waals surface area (Å²) in [5, 5.41) is 5.24. The third kappa shape index (κ3) is 3.91. The molecule has 1 N–H and O–H groups in total. The van der Waals surface area contributed by atoms with Gasteiger partial charge in [0, 0.05) is 6.92 Å². The predicted molar refractivity (Wildman–Crippen MR) is 114 cm³/mol. The zero-order valence-corrected chi connectivity index (χ0v) is 16.6. The maximum absolute atomic E-state index is 13.1. The molecule has 6 heteroatoms. The molecule has 6 nitrogen and oxygen atoms in total. The van der Waals surface area contributed by atoms with Crippen LogP contribution in [0.3, 0.4) is 0 Å². The van der Waals surface area contributed by atoms with Crippen LogP contribution in [-0.4, -0.2) is 14.5 Å². The third-order valence-electron chi connectivity index (χ3n) is 4.67. The highest BCUT2D eigenvalue weighted by molar-refractivity contribution is 5.77. The number of nitrogens with zero attached hydrogens (tertiary/aromatic N) is 4. The van der Waals surface area contributed by atoms with Gasteiger partial charge in [-0.3, -0.25) is 0 Å². The third-order valence-corrected chi connectivity index (χ3v) is 4.67. The topological polar surface area (TPSA) is 62.3 Å². The molecule has 0 bridgehead atoms. The number of hydrogen-bond acceptors (Lipinski definition) is 3. The number of nitrogens with one attached hydrogen (secondary N) is 1. The van der Waals surface area contributed by atoms with Crippen molar-refractivity contribution >= 4 is 22.3 Å². The van der Waals surface area contributed by atoms with E-state index in [2.05, 4.69) is 10.5 Å². The Morgan fingerprint density at radius 3 is 2.17 bits per heavy atom. The highest BCUT2D eigenvalue weighted by atomic mass is 16.1. The van der Waals surface area contributed by atoms with Gasteiger partial charge in [-0.1, -0.05) is 62.9 Å². The molecule has 0 aliphatic heterocycles. The standard InChI is InChI=1S/C23H22N5O/c1-16-8-12-19(13-9-16)25-28(20-14-10-17(2)11-15-20)26-27-18(3)24-22-7-5-4-6-21(22)23(27)29/h4-15H,1-3H3,(H,25,26)/q+1. The smallest absolute Gasteiger partial charge is 0.238 e. The van der Waals surface area contributed by atoms with Crippen molar-refractivity contribution in [1.82, 2.24) is 9.66 Å². The lowest BCUT2D eigenvalue weighted by Gasteiger charge is -2.09. The van der Waals surface area contributed by atoms with Gasteiger partial charge in [0.25, 0.3) is 0 Å². The Labute approximate surface area is 168 Å². The summed E-state index contributed by atoms with van der Waals surface area (Å²) in [7, 11) is 0. The molecular weight excluding hydrogens is 362 g/mol. The van der Waals surface area contributed by atoms with Gasteiger partial charge in [0.1, 0.15) is 5.69 Å². The van der Waals surface area contributed by atoms with E-state index in [1.54, 1.807) is 17.8 Å². The first kappa shape index (κ1) is 18.6. The lowest BCUT2D eigenvalue weighted by molar-refractivity contribution is -0.491. The van der Waals surface area contributed by atoms with Gasteiger partial charge in [0.2, 0.25) is 5.82 Å². The molecule has 4 aromatic rings. The molecule has 0 aliphatic carbocycles. The first-order valence-corrected chi connectivity index (χ1v) is 9.41. The number of hydrogen-bond donors (Lipinski definition) is 1. The van der Waals surface area contributed by atoms with Crippen LogP contribution in [0.1, 0.15) is 17.0 Å². The molecule has 0 amide bonds. The van der Waals surface area contributed by atoms with Crippen molar-refractivity contribution in [3.63, 3.8) is 0 Å². The van der Waals surface area contributed by atoms with E-state index < -0.39 is 0 Å². The Kier molecular flexibility index (Phi) is 4.91. The first-order valence-electron chi connectivity index (χ1n) is 9.41. The molecule has 0 atom stereocenters. The molecule has 0 fully saturated rings. The maximum atomic E-state index is 13.1. The van der Waals surface area contributed by atoms with Crippen LogP contribution in [0.25, 0.3) is 10.9 Å². The van der Waals surface area contributed by atoms with Crippen molar-refractivity contribution in [2.75, 3.05) is 5.53 Å². The molecule has 29 heavy (non-hydrogen) atoms. The minimum Gasteiger partial charge on any atom is -0.238 e. The molecule has 4 rings (SSSR count). The highest BCUT2D eigenvalue weighted by Crippen LogP contribution is 2.19. The summed E-state index contributed by atoms with van der Waals surface area (Å²) >= 11 is 0. The fourth-order valence-corrected chi connectivity index (χ4v) is 3.01. The molecule has 0 aliphatic rings. The van der Waals surface area contributed by atoms with Gasteiger partial charge < -0.3 is 0 Å². The lowest BCUT2D eigenvalue weighted by Crippen LogP contribution is -2.35. The predicted octanol–water partition coefficient (Wildman–Crippen LogP) is 4.91. The van der Waals surface area contributed by atoms with Gasteiger partial charge in [0.05, 0.1) is 10.9 Å². The number of azo groups is 1. The van der Waals surface area contributed by atoms with Crippen molar-refractivity contribution in [1.29, 1.82) is 0 Å². The van der Waals surface area contributed by atoms with Gasteiger partial charge in [-0.2, -0.15) is 0 Å². The van der Waals surface area contributed by atoms with Gasteiger partial charge in [-0.15, -0.1) is 0 Å². The Morgan fingerprint density at radius 2 is 1.48 bits per heavy atom. The molecule has 1 heterocycles. The second-order valence-electron chi connectivity index (χ2n) is 7.00. The summed E-state index contributed by atoms with van der Waals surface area (Å²) in [4.78, 5) is 19.2. The van der Waals surface area contributed by atoms with E-state index in [1.807, 2.05) is 80.6 Å². The van der Waals surface area contributed by atoms with Crippen LogP contribution in [0, 0.1) is 20.8 Å². The molecule has 0 unspecified atom stereocenters. The largest absolute Gasteiger partial charge is 0.367 e. The van der Waals surface area contributed by atoms with Gasteiger partial charge >= 0.3 is 5.56 Å². The van der Waals surface area contributed by atoms with E-state index in [0.717, 1.165) is 22.5 Å². The van der Waals surface area contributed by atoms with Crippen molar-refractivity contribution in [3.05, 3.63) is 100 Å². The van der Waals surface area contributed by atoms with Gasteiger partial charge in [-0.25, -0.2) is 9.78 Å². The first-order chi connectivity index (χ1) is 14.0. The fraction of sp³-hybridized carbons (Fsp3) is 0.130. The van der Waals surface area contributed by atoms with Crippen molar-refractivity contribution < 1.29 is 4.81 Å². The molecule has 0 spiro atoms. The summed E-state index contributed by atoms with van der Waals surface area (Å²) in [6.07, 6.45) is 0. The van der Waals surface area contributed by atoms with Crippen molar-refractivity contribution in [3.8, 4) is 0 Å². The minimum atomic E-state index is -0.177. The number of aromatic nitrogens is 2. The maximum Gasteiger partial charge on any atom is 0.367 e. The molecule has 0 saturated carbocycles. The monoisotopic (exact) mass is 384 g/mol. The number of hydrazine groups is 1. The molecule has 0 saturated heterocycles. The molecule has 144 valence electrons. The van der Waals surface area contributed by atoms with E-state index in [1.165, 1.54) is 4.68 Å². The zero-order chi connectivity index (χ0) is 20.4. The molecule has 3 aromatic carbocycles. The van der Waals surface area contributed by atoms with Crippen molar-refractivity contribution in [2.45, 2.75) is 20.8 Å². The summed E-state index contributed by atoms with van der Waals surface area (Å²) in [5.74, 6) is 0.546. The van der Waals surface area contributed by atoms with Crippen LogP contribution in [0.4, 0.5) is 11.4 Å². The van der Waals surface area contributed by atoms with E-state index in [4.69, 9.17) is 5.11 Å². The van der Waals surface area contributed by atoms with E-state index in [-0.39, 0.29) is 5.56 Å². The van der Waals surface area contributed by atoms with Gasteiger partial charge in [-0.05, 0) is 55.1 Å². The van der Waals surface area contributed by atoms with Crippen LogP contribution in [0.15, 0.2) is 82.7 Å². The van der Waals surface area contributed by atoms with E-state index >= 15 is 0 Å². The number of aryl methyl sites for hydroxylation is 3. The lowest BCUT2D eigenvalue weighted by atomic mass is 10.2. The second-order valence-corrected chi connectivity index (χ2v) is 7.00. The van der Waals surface area contributed by atoms with Gasteiger partial charge in [0.15, 0.2) is 5.69 Å². The average Bonchev–Trinajstić information content (AvgIpc) is 2.72. The SMILES string of the molecule is Cc1ccc(N=[N+](Nn2c(C)nc3ccccc3c2=O)c2ccc(C)cc2)cc1. The van der Waals surface area contributed by atoms with Crippen LogP contribution in [0.5, 0.6) is 0 Å². The fourth-order valence-electron chi connectivity index (χ4n) is 3.01. The normalized spacial score (nSPS) is 11.6. The Morgan fingerprint density at radius 1 is 0.862 bits per heavy atom. The Balaban J connectivity index is 1.84. The molecular formula is C23H22N5O+. The summed E-state index contributed by atoms with van der Waals surface area (Å²) in [6, 6.07) is 23.1. The molecule has 1 aromatic heterocycles. The van der Waals surface area contributed by atoms with Crippen molar-refractivity contribution in [2.24, 2.45) is 5.11 Å². The summed E-state index contributed by atoms with van der Waals surface area (Å²) < 4.78 is 1.42. The van der Waals surface area contributed by atoms with Crippen LogP contribution >= 0.6 is 0 Å². The van der Waals surface area contributed by atoms with Crippen LogP contribution in [-0.2, 0) is 0 Å². The Hall–Kier alpha value is -3.80. The second kappa shape index (κ2) is 7.67. The quantitative estimate of drug-likeness (QED) is 0.309. The summed E-state index contributed by atoms with van der Waals surface area (Å²) in [6.45, 7) is 5.85. The number of fused-ring (bicyclic) bond motifs is 1. The number of benzene rings is 3.